The van der Waals surface area contributed by atoms with Gasteiger partial charge in [-0.25, -0.2) is 0 Å². The molecule has 1 N–H and O–H groups in total. The number of aliphatic hydroxyl groups excluding tert-OH is 1. The summed E-state index contributed by atoms with van der Waals surface area (Å²) in [5.74, 6) is 7.02. The Bertz CT molecular complexity index is 677. The molecular weight excluding hydrogens is 300 g/mol. The number of oxime groups is 1. The Balaban J connectivity index is 1.84. The number of nitrogens with zero attached hydrogens (tertiary/aromatic N) is 2. The molecule has 1 aromatic rings. The van der Waals surface area contributed by atoms with Gasteiger partial charge in [0.15, 0.2) is 0 Å². The van der Waals surface area contributed by atoms with Gasteiger partial charge in [0.25, 0.3) is 0 Å². The summed E-state index contributed by atoms with van der Waals surface area (Å²) in [4.78, 5) is 7.04. The van der Waals surface area contributed by atoms with Crippen LogP contribution in [0.3, 0.4) is 0 Å². The second-order valence-corrected chi connectivity index (χ2v) is 6.40. The van der Waals surface area contributed by atoms with Crippen molar-refractivity contribution in [2.45, 2.75) is 31.4 Å². The normalized spacial score (nSPS) is 28.4. The Morgan fingerprint density at radius 2 is 2.21 bits per heavy atom. The van der Waals surface area contributed by atoms with E-state index in [0.717, 1.165) is 49.0 Å². The average molecular weight is 324 g/mol. The van der Waals surface area contributed by atoms with Crippen molar-refractivity contribution in [2.24, 2.45) is 11.1 Å². The van der Waals surface area contributed by atoms with E-state index in [4.69, 9.17) is 4.84 Å². The molecule has 2 unspecified atom stereocenters. The number of aliphatic hydroxyl groups is 1. The molecule has 0 aromatic heterocycles. The van der Waals surface area contributed by atoms with Crippen LogP contribution in [-0.4, -0.2) is 48.6 Å². The number of rotatable bonds is 4. The molecule has 126 valence electrons. The van der Waals surface area contributed by atoms with Gasteiger partial charge in [-0.2, -0.15) is 0 Å². The van der Waals surface area contributed by atoms with Crippen LogP contribution in [0, 0.1) is 17.8 Å². The fourth-order valence-corrected chi connectivity index (χ4v) is 3.60. The highest BCUT2D eigenvalue weighted by molar-refractivity contribution is 5.80. The first kappa shape index (κ1) is 16.8. The summed E-state index contributed by atoms with van der Waals surface area (Å²) in [6, 6.07) is 6.00. The summed E-state index contributed by atoms with van der Waals surface area (Å²) < 4.78 is 0. The number of benzene rings is 1. The maximum Gasteiger partial charge on any atom is 0.106 e. The van der Waals surface area contributed by atoms with Gasteiger partial charge >= 0.3 is 0 Å². The van der Waals surface area contributed by atoms with Crippen molar-refractivity contribution in [2.75, 3.05) is 20.2 Å². The predicted octanol–water partition coefficient (Wildman–Crippen LogP) is 2.20. The molecule has 0 saturated carbocycles. The van der Waals surface area contributed by atoms with Crippen molar-refractivity contribution < 1.29 is 9.94 Å². The molecule has 3 fully saturated rings. The molecule has 3 heterocycles. The van der Waals surface area contributed by atoms with Crippen LogP contribution < -0.4 is 0 Å². The van der Waals surface area contributed by atoms with Gasteiger partial charge in [0.05, 0.1) is 18.4 Å². The van der Waals surface area contributed by atoms with E-state index in [1.165, 1.54) is 7.11 Å². The van der Waals surface area contributed by atoms with Crippen LogP contribution in [0.15, 0.2) is 36.0 Å². The zero-order chi connectivity index (χ0) is 16.9. The minimum Gasteiger partial charge on any atom is -0.399 e. The summed E-state index contributed by atoms with van der Waals surface area (Å²) in [5.41, 5.74) is 3.07. The molecule has 0 spiro atoms. The van der Waals surface area contributed by atoms with Crippen LogP contribution >= 0.6 is 0 Å². The highest BCUT2D eigenvalue weighted by Crippen LogP contribution is 2.32. The van der Waals surface area contributed by atoms with Crippen molar-refractivity contribution in [3.05, 3.63) is 47.5 Å². The van der Waals surface area contributed by atoms with Gasteiger partial charge in [0, 0.05) is 5.56 Å². The third kappa shape index (κ3) is 3.53. The van der Waals surface area contributed by atoms with Crippen LogP contribution in [0.25, 0.3) is 0 Å². The summed E-state index contributed by atoms with van der Waals surface area (Å²) in [6.45, 7) is 5.92. The molecule has 0 radical (unpaired) electrons. The standard InChI is InChI=1S/C20H24N2O2/c1-3-4-18-13-15(14-21-24-2)5-6-16(18)7-8-19-20(23)17-9-11-22(19)12-10-17/h3,5-6,13-14,17,19-20,23H,1,4,9-12H2,2H3. The van der Waals surface area contributed by atoms with Crippen molar-refractivity contribution >= 4 is 6.21 Å². The van der Waals surface area contributed by atoms with Crippen LogP contribution in [0.5, 0.6) is 0 Å². The lowest BCUT2D eigenvalue weighted by molar-refractivity contribution is -0.0500. The lowest BCUT2D eigenvalue weighted by atomic mass is 9.81. The first-order valence-electron chi connectivity index (χ1n) is 8.47. The highest BCUT2D eigenvalue weighted by Gasteiger charge is 2.40. The smallest absolute Gasteiger partial charge is 0.106 e. The Morgan fingerprint density at radius 1 is 1.42 bits per heavy atom. The van der Waals surface area contributed by atoms with Crippen molar-refractivity contribution in [1.82, 2.24) is 4.90 Å². The minimum absolute atomic E-state index is 0.0381. The van der Waals surface area contributed by atoms with E-state index in [9.17, 15) is 5.11 Å². The quantitative estimate of drug-likeness (QED) is 0.400. The number of hydrogen-bond donors (Lipinski definition) is 1. The van der Waals surface area contributed by atoms with Gasteiger partial charge < -0.3 is 9.94 Å². The van der Waals surface area contributed by atoms with Crippen LogP contribution in [-0.2, 0) is 11.3 Å². The van der Waals surface area contributed by atoms with Gasteiger partial charge in [-0.15, -0.1) is 6.58 Å². The zero-order valence-corrected chi connectivity index (χ0v) is 14.1. The molecule has 4 heteroatoms. The topological polar surface area (TPSA) is 45.1 Å². The number of piperidine rings is 3. The summed E-state index contributed by atoms with van der Waals surface area (Å²) in [6.07, 6.45) is 6.16. The monoisotopic (exact) mass is 324 g/mol. The molecule has 24 heavy (non-hydrogen) atoms. The Kier molecular flexibility index (Phi) is 5.34. The SMILES string of the molecule is C=CCc1cc(C=NOC)ccc1C#CC1C(O)C2CCN1CC2. The average Bonchev–Trinajstić information content (AvgIpc) is 2.61. The first-order valence-corrected chi connectivity index (χ1v) is 8.47. The Labute approximate surface area is 143 Å². The largest absolute Gasteiger partial charge is 0.399 e. The molecule has 4 nitrogen and oxygen atoms in total. The fraction of sp³-hybridized carbons (Fsp3) is 0.450. The highest BCUT2D eigenvalue weighted by atomic mass is 16.6. The van der Waals surface area contributed by atoms with Crippen LogP contribution in [0.1, 0.15) is 29.5 Å². The van der Waals surface area contributed by atoms with E-state index in [2.05, 4.69) is 34.5 Å². The maximum atomic E-state index is 10.5. The van der Waals surface area contributed by atoms with E-state index >= 15 is 0 Å². The molecule has 3 aliphatic rings. The van der Waals surface area contributed by atoms with Gasteiger partial charge in [-0.1, -0.05) is 29.1 Å². The molecule has 2 atom stereocenters. The van der Waals surface area contributed by atoms with Crippen LogP contribution in [0.4, 0.5) is 0 Å². The minimum atomic E-state index is -0.323. The van der Waals surface area contributed by atoms with Crippen LogP contribution in [0.2, 0.25) is 0 Å². The van der Waals surface area contributed by atoms with Gasteiger partial charge in [0.1, 0.15) is 7.11 Å². The first-order chi connectivity index (χ1) is 11.7. The molecule has 3 saturated heterocycles. The number of fused-ring (bicyclic) bond motifs is 3. The summed E-state index contributed by atoms with van der Waals surface area (Å²) >= 11 is 0. The van der Waals surface area contributed by atoms with E-state index in [1.807, 2.05) is 18.2 Å². The van der Waals surface area contributed by atoms with E-state index in [1.54, 1.807) is 6.21 Å². The zero-order valence-electron chi connectivity index (χ0n) is 14.1. The van der Waals surface area contributed by atoms with Gasteiger partial charge in [0.2, 0.25) is 0 Å². The molecule has 1 aromatic carbocycles. The van der Waals surface area contributed by atoms with Crippen molar-refractivity contribution in [1.29, 1.82) is 0 Å². The van der Waals surface area contributed by atoms with Crippen molar-refractivity contribution in [3.8, 4) is 11.8 Å². The van der Waals surface area contributed by atoms with E-state index < -0.39 is 0 Å². The lowest BCUT2D eigenvalue weighted by Gasteiger charge is -2.46. The number of hydrogen-bond acceptors (Lipinski definition) is 4. The molecule has 2 bridgehead atoms. The fourth-order valence-electron chi connectivity index (χ4n) is 3.60. The van der Waals surface area contributed by atoms with Gasteiger partial charge in [-0.3, -0.25) is 4.90 Å². The van der Waals surface area contributed by atoms with E-state index in [-0.39, 0.29) is 12.1 Å². The van der Waals surface area contributed by atoms with Gasteiger partial charge in [-0.05, 0) is 61.5 Å². The molecule has 0 amide bonds. The summed E-state index contributed by atoms with van der Waals surface area (Å²) in [7, 11) is 1.53. The third-order valence-electron chi connectivity index (χ3n) is 4.93. The Morgan fingerprint density at radius 3 is 2.88 bits per heavy atom. The second-order valence-electron chi connectivity index (χ2n) is 6.40. The number of allylic oxidation sites excluding steroid dienone is 1. The molecule has 3 aliphatic heterocycles. The third-order valence-corrected chi connectivity index (χ3v) is 4.93. The molecule has 4 rings (SSSR count). The van der Waals surface area contributed by atoms with Crippen molar-refractivity contribution in [3.63, 3.8) is 0 Å². The second kappa shape index (κ2) is 7.65. The maximum absolute atomic E-state index is 10.5. The predicted molar refractivity (Wildman–Crippen MR) is 95.9 cm³/mol. The molecular formula is C20H24N2O2. The van der Waals surface area contributed by atoms with E-state index in [0.29, 0.717) is 5.92 Å². The Hall–Kier alpha value is -2.09. The lowest BCUT2D eigenvalue weighted by Crippen LogP contribution is -2.57. The summed E-state index contributed by atoms with van der Waals surface area (Å²) in [5, 5.41) is 14.3. The molecule has 0 aliphatic carbocycles.